The summed E-state index contributed by atoms with van der Waals surface area (Å²) in [7, 11) is 0. The molecule has 0 fully saturated rings. The fraction of sp³-hybridized carbons (Fsp3) is 0.222. The third-order valence-corrected chi connectivity index (χ3v) is 2.78. The normalized spacial score (nSPS) is 11.6. The molecule has 0 aromatic heterocycles. The predicted octanol–water partition coefficient (Wildman–Crippen LogP) is 4.00. The summed E-state index contributed by atoms with van der Waals surface area (Å²) in [6.45, 7) is 1.60. The van der Waals surface area contributed by atoms with Crippen molar-refractivity contribution < 1.29 is 18.0 Å². The Morgan fingerprint density at radius 1 is 1.40 bits per heavy atom. The van der Waals surface area contributed by atoms with Crippen molar-refractivity contribution in [3.63, 3.8) is 0 Å². The fourth-order valence-electron chi connectivity index (χ4n) is 1.19. The number of carbonyl (C=O) groups is 1. The van der Waals surface area contributed by atoms with E-state index in [1.165, 1.54) is 28.7 Å². The van der Waals surface area contributed by atoms with Crippen LogP contribution in [0.25, 0.3) is 0 Å². The molecule has 0 aliphatic heterocycles. The molecular formula is C9H5ClF3IO. The van der Waals surface area contributed by atoms with E-state index in [2.05, 4.69) is 0 Å². The number of carbonyl (C=O) groups excluding carboxylic acids is 1. The van der Waals surface area contributed by atoms with Gasteiger partial charge in [-0.05, 0) is 58.8 Å². The molecule has 0 spiro atoms. The first kappa shape index (κ1) is 12.8. The molecule has 0 aliphatic rings. The number of hydrogen-bond acceptors (Lipinski definition) is 1. The molecule has 0 bridgehead atoms. The Bertz CT molecular complexity index is 415. The van der Waals surface area contributed by atoms with Crippen LogP contribution in [-0.4, -0.2) is 5.24 Å². The van der Waals surface area contributed by atoms with Crippen LogP contribution in [0.2, 0.25) is 0 Å². The van der Waals surface area contributed by atoms with Crippen molar-refractivity contribution in [1.29, 1.82) is 0 Å². The monoisotopic (exact) mass is 348 g/mol. The van der Waals surface area contributed by atoms with Gasteiger partial charge in [-0.25, -0.2) is 0 Å². The van der Waals surface area contributed by atoms with E-state index in [1.807, 2.05) is 0 Å². The van der Waals surface area contributed by atoms with Crippen LogP contribution in [0.3, 0.4) is 0 Å². The maximum atomic E-state index is 12.6. The summed E-state index contributed by atoms with van der Waals surface area (Å²) in [5, 5.41) is -1.09. The van der Waals surface area contributed by atoms with Gasteiger partial charge in [0.25, 0.3) is 5.24 Å². The first-order valence-corrected chi connectivity index (χ1v) is 5.26. The van der Waals surface area contributed by atoms with E-state index >= 15 is 0 Å². The molecule has 1 aromatic carbocycles. The number of benzene rings is 1. The SMILES string of the molecule is Cc1cc(I)c(C(F)(F)F)c(C(=O)Cl)c1. The van der Waals surface area contributed by atoms with Crippen LogP contribution in [0.1, 0.15) is 21.5 Å². The lowest BCUT2D eigenvalue weighted by Gasteiger charge is -2.13. The Morgan fingerprint density at radius 3 is 2.33 bits per heavy atom. The molecule has 0 amide bonds. The van der Waals surface area contributed by atoms with Crippen LogP contribution >= 0.6 is 34.2 Å². The van der Waals surface area contributed by atoms with Crippen LogP contribution in [0, 0.1) is 10.5 Å². The molecule has 6 heteroatoms. The van der Waals surface area contributed by atoms with Gasteiger partial charge in [-0.3, -0.25) is 4.79 Å². The Labute approximate surface area is 103 Å². The van der Waals surface area contributed by atoms with Gasteiger partial charge in [0.2, 0.25) is 0 Å². The maximum absolute atomic E-state index is 12.6. The molecule has 0 heterocycles. The van der Waals surface area contributed by atoms with Gasteiger partial charge in [0.15, 0.2) is 0 Å². The first-order valence-electron chi connectivity index (χ1n) is 3.80. The van der Waals surface area contributed by atoms with E-state index in [4.69, 9.17) is 11.6 Å². The summed E-state index contributed by atoms with van der Waals surface area (Å²) < 4.78 is 37.7. The van der Waals surface area contributed by atoms with Crippen molar-refractivity contribution in [2.24, 2.45) is 0 Å². The first-order chi connectivity index (χ1) is 6.73. The highest BCUT2D eigenvalue weighted by molar-refractivity contribution is 14.1. The van der Waals surface area contributed by atoms with Crippen LogP contribution in [-0.2, 0) is 6.18 Å². The molecule has 0 aliphatic carbocycles. The average molecular weight is 348 g/mol. The summed E-state index contributed by atoms with van der Waals surface area (Å²) in [5.74, 6) is 0. The lowest BCUT2D eigenvalue weighted by atomic mass is 10.1. The summed E-state index contributed by atoms with van der Waals surface area (Å²) in [6.07, 6.45) is -4.57. The lowest BCUT2D eigenvalue weighted by Crippen LogP contribution is -2.13. The van der Waals surface area contributed by atoms with Gasteiger partial charge in [0.05, 0.1) is 5.56 Å². The molecule has 0 saturated carbocycles. The Kier molecular flexibility index (Phi) is 3.65. The van der Waals surface area contributed by atoms with E-state index < -0.39 is 22.5 Å². The van der Waals surface area contributed by atoms with Gasteiger partial charge >= 0.3 is 6.18 Å². The number of aryl methyl sites for hydroxylation is 1. The van der Waals surface area contributed by atoms with Crippen LogP contribution < -0.4 is 0 Å². The van der Waals surface area contributed by atoms with E-state index in [9.17, 15) is 18.0 Å². The molecule has 0 unspecified atom stereocenters. The number of hydrogen-bond donors (Lipinski definition) is 0. The van der Waals surface area contributed by atoms with E-state index in [0.29, 0.717) is 5.56 Å². The smallest absolute Gasteiger partial charge is 0.276 e. The quantitative estimate of drug-likeness (QED) is 0.554. The minimum absolute atomic E-state index is 0.0240. The molecule has 82 valence electrons. The summed E-state index contributed by atoms with van der Waals surface area (Å²) in [6, 6.07) is 2.49. The van der Waals surface area contributed by atoms with Crippen LogP contribution in [0.5, 0.6) is 0 Å². The summed E-state index contributed by atoms with van der Waals surface area (Å²) in [5.41, 5.74) is -0.890. The predicted molar refractivity (Wildman–Crippen MR) is 59.1 cm³/mol. The van der Waals surface area contributed by atoms with Gasteiger partial charge in [-0.15, -0.1) is 0 Å². The molecule has 0 radical (unpaired) electrons. The number of alkyl halides is 3. The largest absolute Gasteiger partial charge is 0.418 e. The highest BCUT2D eigenvalue weighted by Gasteiger charge is 2.37. The zero-order valence-corrected chi connectivity index (χ0v) is 10.4. The fourth-order valence-corrected chi connectivity index (χ4v) is 2.42. The summed E-state index contributed by atoms with van der Waals surface area (Å²) >= 11 is 6.66. The second kappa shape index (κ2) is 4.29. The van der Waals surface area contributed by atoms with Crippen molar-refractivity contribution in [3.05, 3.63) is 32.4 Å². The zero-order chi connectivity index (χ0) is 11.8. The van der Waals surface area contributed by atoms with E-state index in [1.54, 1.807) is 6.92 Å². The van der Waals surface area contributed by atoms with Crippen molar-refractivity contribution in [2.75, 3.05) is 0 Å². The Morgan fingerprint density at radius 2 is 1.93 bits per heavy atom. The minimum atomic E-state index is -4.57. The molecule has 15 heavy (non-hydrogen) atoms. The average Bonchev–Trinajstić information content (AvgIpc) is 1.99. The van der Waals surface area contributed by atoms with Crippen molar-refractivity contribution in [1.82, 2.24) is 0 Å². The van der Waals surface area contributed by atoms with Gasteiger partial charge in [0.1, 0.15) is 0 Å². The molecule has 1 nitrogen and oxygen atoms in total. The maximum Gasteiger partial charge on any atom is 0.418 e. The van der Waals surface area contributed by atoms with E-state index in [0.717, 1.165) is 6.07 Å². The molecule has 1 aromatic rings. The topological polar surface area (TPSA) is 17.1 Å². The molecule has 0 saturated heterocycles. The zero-order valence-electron chi connectivity index (χ0n) is 7.45. The van der Waals surface area contributed by atoms with Crippen molar-refractivity contribution in [3.8, 4) is 0 Å². The van der Waals surface area contributed by atoms with Gasteiger partial charge < -0.3 is 0 Å². The molecule has 1 rings (SSSR count). The second-order valence-electron chi connectivity index (χ2n) is 2.94. The van der Waals surface area contributed by atoms with Crippen molar-refractivity contribution in [2.45, 2.75) is 13.1 Å². The number of rotatable bonds is 1. The molecular weight excluding hydrogens is 343 g/mol. The molecule has 0 atom stereocenters. The van der Waals surface area contributed by atoms with Crippen LogP contribution in [0.4, 0.5) is 13.2 Å². The summed E-state index contributed by atoms with van der Waals surface area (Å²) in [4.78, 5) is 10.9. The minimum Gasteiger partial charge on any atom is -0.276 e. The second-order valence-corrected chi connectivity index (χ2v) is 4.45. The highest BCUT2D eigenvalue weighted by Crippen LogP contribution is 2.36. The third kappa shape index (κ3) is 2.84. The number of halogens is 5. The van der Waals surface area contributed by atoms with Crippen molar-refractivity contribution >= 4 is 39.4 Å². The molecule has 0 N–H and O–H groups in total. The van der Waals surface area contributed by atoms with Gasteiger partial charge in [-0.2, -0.15) is 13.2 Å². The Hall–Kier alpha value is -0.300. The lowest BCUT2D eigenvalue weighted by molar-refractivity contribution is -0.138. The van der Waals surface area contributed by atoms with E-state index in [-0.39, 0.29) is 3.57 Å². The van der Waals surface area contributed by atoms with Gasteiger partial charge in [0, 0.05) is 9.13 Å². The van der Waals surface area contributed by atoms with Gasteiger partial charge in [-0.1, -0.05) is 0 Å². The van der Waals surface area contributed by atoms with Crippen LogP contribution in [0.15, 0.2) is 12.1 Å². The highest BCUT2D eigenvalue weighted by atomic mass is 127. The Balaban J connectivity index is 3.55. The third-order valence-electron chi connectivity index (χ3n) is 1.73. The standard InChI is InChI=1S/C9H5ClF3IO/c1-4-2-5(8(10)15)7(6(14)3-4)9(11,12)13/h2-3H,1H3.